The SMILES string of the molecule is CCS(=O)C1CCCC(NC(=NC)NCCNC(C)(C)C)C1. The quantitative estimate of drug-likeness (QED) is 0.393. The highest BCUT2D eigenvalue weighted by atomic mass is 32.2. The molecule has 3 N–H and O–H groups in total. The molecule has 0 aromatic rings. The first-order valence-corrected chi connectivity index (χ1v) is 9.83. The van der Waals surface area contributed by atoms with Gasteiger partial charge < -0.3 is 16.0 Å². The van der Waals surface area contributed by atoms with Crippen molar-refractivity contribution in [2.45, 2.75) is 70.2 Å². The standard InChI is InChI=1S/C16H34N4OS/c1-6-22(21)14-9-7-8-13(12-14)20-15(17-5)18-10-11-19-16(2,3)4/h13-14,19H,6-12H2,1-5H3,(H2,17,18,20). The Balaban J connectivity index is 2.34. The molecular formula is C16H34N4OS. The number of guanidine groups is 1. The van der Waals surface area contributed by atoms with Crippen LogP contribution < -0.4 is 16.0 Å². The van der Waals surface area contributed by atoms with Crippen molar-refractivity contribution in [3.63, 3.8) is 0 Å². The maximum absolute atomic E-state index is 12.0. The first kappa shape index (κ1) is 19.4. The van der Waals surface area contributed by atoms with Crippen LogP contribution in [0.15, 0.2) is 4.99 Å². The minimum atomic E-state index is -0.678. The Bertz CT molecular complexity index is 379. The average molecular weight is 331 g/mol. The van der Waals surface area contributed by atoms with E-state index in [9.17, 15) is 4.21 Å². The van der Waals surface area contributed by atoms with Crippen LogP contribution in [0, 0.1) is 0 Å². The summed E-state index contributed by atoms with van der Waals surface area (Å²) < 4.78 is 12.0. The number of hydrogen-bond donors (Lipinski definition) is 3. The lowest BCUT2D eigenvalue weighted by molar-refractivity contribution is 0.410. The molecule has 0 radical (unpaired) electrons. The molecule has 0 aromatic carbocycles. The minimum Gasteiger partial charge on any atom is -0.355 e. The summed E-state index contributed by atoms with van der Waals surface area (Å²) in [6.07, 6.45) is 4.37. The van der Waals surface area contributed by atoms with E-state index in [0.717, 1.165) is 50.5 Å². The van der Waals surface area contributed by atoms with Crippen molar-refractivity contribution in [2.24, 2.45) is 4.99 Å². The Morgan fingerprint density at radius 2 is 2.00 bits per heavy atom. The third kappa shape index (κ3) is 7.58. The molecule has 1 rings (SSSR count). The Kier molecular flexibility index (Phi) is 8.39. The highest BCUT2D eigenvalue weighted by Crippen LogP contribution is 2.22. The van der Waals surface area contributed by atoms with Crippen molar-refractivity contribution >= 4 is 16.8 Å². The van der Waals surface area contributed by atoms with Crippen molar-refractivity contribution in [2.75, 3.05) is 25.9 Å². The predicted octanol–water partition coefficient (Wildman–Crippen LogP) is 1.62. The van der Waals surface area contributed by atoms with Gasteiger partial charge in [0.2, 0.25) is 0 Å². The van der Waals surface area contributed by atoms with Crippen LogP contribution in [0.25, 0.3) is 0 Å². The molecule has 0 spiro atoms. The van der Waals surface area contributed by atoms with E-state index in [2.05, 4.69) is 41.7 Å². The summed E-state index contributed by atoms with van der Waals surface area (Å²) in [5, 5.41) is 10.6. The van der Waals surface area contributed by atoms with Gasteiger partial charge in [-0.2, -0.15) is 0 Å². The lowest BCUT2D eigenvalue weighted by Gasteiger charge is -2.30. The zero-order chi connectivity index (χ0) is 16.6. The molecular weight excluding hydrogens is 296 g/mol. The topological polar surface area (TPSA) is 65.5 Å². The van der Waals surface area contributed by atoms with Gasteiger partial charge in [0.1, 0.15) is 0 Å². The van der Waals surface area contributed by atoms with Crippen molar-refractivity contribution in [1.29, 1.82) is 0 Å². The molecule has 130 valence electrons. The van der Waals surface area contributed by atoms with Crippen LogP contribution in [0.2, 0.25) is 0 Å². The van der Waals surface area contributed by atoms with Crippen LogP contribution in [-0.2, 0) is 10.8 Å². The monoisotopic (exact) mass is 330 g/mol. The van der Waals surface area contributed by atoms with Crippen LogP contribution in [0.1, 0.15) is 53.4 Å². The van der Waals surface area contributed by atoms with Crippen LogP contribution in [-0.4, -0.2) is 52.9 Å². The van der Waals surface area contributed by atoms with Crippen LogP contribution in [0.4, 0.5) is 0 Å². The molecule has 6 heteroatoms. The van der Waals surface area contributed by atoms with Gasteiger partial charge in [-0.1, -0.05) is 13.3 Å². The zero-order valence-electron chi connectivity index (χ0n) is 14.9. The van der Waals surface area contributed by atoms with Gasteiger partial charge in [-0.3, -0.25) is 9.20 Å². The molecule has 1 saturated carbocycles. The van der Waals surface area contributed by atoms with Crippen molar-refractivity contribution in [3.8, 4) is 0 Å². The Morgan fingerprint density at radius 1 is 1.27 bits per heavy atom. The number of hydrogen-bond acceptors (Lipinski definition) is 3. The second-order valence-electron chi connectivity index (χ2n) is 6.98. The van der Waals surface area contributed by atoms with Crippen LogP contribution in [0.3, 0.4) is 0 Å². The highest BCUT2D eigenvalue weighted by Gasteiger charge is 2.25. The molecule has 0 saturated heterocycles. The number of nitrogens with one attached hydrogen (secondary N) is 3. The fourth-order valence-corrected chi connectivity index (χ4v) is 4.10. The average Bonchev–Trinajstić information content (AvgIpc) is 2.48. The third-order valence-corrected chi connectivity index (χ3v) is 5.66. The number of nitrogens with zero attached hydrogens (tertiary/aromatic N) is 1. The van der Waals surface area contributed by atoms with Crippen molar-refractivity contribution < 1.29 is 4.21 Å². The molecule has 3 unspecified atom stereocenters. The van der Waals surface area contributed by atoms with Crippen LogP contribution >= 0.6 is 0 Å². The zero-order valence-corrected chi connectivity index (χ0v) is 15.7. The lowest BCUT2D eigenvalue weighted by Crippen LogP contribution is -2.49. The molecule has 0 aliphatic heterocycles. The van der Waals surface area contributed by atoms with E-state index in [0.29, 0.717) is 11.3 Å². The van der Waals surface area contributed by atoms with E-state index in [1.54, 1.807) is 7.05 Å². The number of aliphatic imine (C=N–C) groups is 1. The maximum atomic E-state index is 12.0. The largest absolute Gasteiger partial charge is 0.355 e. The summed E-state index contributed by atoms with van der Waals surface area (Å²) >= 11 is 0. The minimum absolute atomic E-state index is 0.138. The molecule has 0 bridgehead atoms. The van der Waals surface area contributed by atoms with Gasteiger partial charge >= 0.3 is 0 Å². The summed E-state index contributed by atoms with van der Waals surface area (Å²) in [6, 6.07) is 0.385. The Morgan fingerprint density at radius 3 is 2.59 bits per heavy atom. The molecule has 0 heterocycles. The van der Waals surface area contributed by atoms with Crippen LogP contribution in [0.5, 0.6) is 0 Å². The summed E-state index contributed by atoms with van der Waals surface area (Å²) in [7, 11) is 1.12. The molecule has 5 nitrogen and oxygen atoms in total. The molecule has 3 atom stereocenters. The number of rotatable bonds is 6. The maximum Gasteiger partial charge on any atom is 0.191 e. The van der Waals surface area contributed by atoms with Gasteiger partial charge in [0.25, 0.3) is 0 Å². The van der Waals surface area contributed by atoms with Gasteiger partial charge in [-0.25, -0.2) is 0 Å². The first-order chi connectivity index (χ1) is 10.4. The van der Waals surface area contributed by atoms with Gasteiger partial charge in [-0.15, -0.1) is 0 Å². The van der Waals surface area contributed by atoms with Gasteiger partial charge in [0.05, 0.1) is 0 Å². The summed E-state index contributed by atoms with van der Waals surface area (Å²) in [5.74, 6) is 1.62. The van der Waals surface area contributed by atoms with E-state index >= 15 is 0 Å². The molecule has 22 heavy (non-hydrogen) atoms. The molecule has 1 aliphatic rings. The van der Waals surface area contributed by atoms with E-state index in [1.165, 1.54) is 0 Å². The molecule has 0 aromatic heterocycles. The van der Waals surface area contributed by atoms with Crippen molar-refractivity contribution in [3.05, 3.63) is 0 Å². The molecule has 0 amide bonds. The smallest absolute Gasteiger partial charge is 0.191 e. The third-order valence-electron chi connectivity index (χ3n) is 3.92. The Labute approximate surface area is 138 Å². The summed E-state index contributed by atoms with van der Waals surface area (Å²) in [5.41, 5.74) is 0.138. The predicted molar refractivity (Wildman–Crippen MR) is 97.0 cm³/mol. The van der Waals surface area contributed by atoms with E-state index in [4.69, 9.17) is 0 Å². The molecule has 1 fully saturated rings. The van der Waals surface area contributed by atoms with Gasteiger partial charge in [0, 0.05) is 53.5 Å². The first-order valence-electron chi connectivity index (χ1n) is 8.45. The summed E-state index contributed by atoms with van der Waals surface area (Å²) in [6.45, 7) is 10.2. The lowest BCUT2D eigenvalue weighted by atomic mass is 9.95. The summed E-state index contributed by atoms with van der Waals surface area (Å²) in [4.78, 5) is 4.30. The fourth-order valence-electron chi connectivity index (χ4n) is 2.76. The van der Waals surface area contributed by atoms with E-state index in [1.807, 2.05) is 6.92 Å². The molecule has 1 aliphatic carbocycles. The van der Waals surface area contributed by atoms with Gasteiger partial charge in [-0.05, 0) is 40.0 Å². The second kappa shape index (κ2) is 9.50. The van der Waals surface area contributed by atoms with Gasteiger partial charge in [0.15, 0.2) is 5.96 Å². The normalized spacial score (nSPS) is 24.9. The second-order valence-corrected chi connectivity index (χ2v) is 8.98. The van der Waals surface area contributed by atoms with Crippen molar-refractivity contribution in [1.82, 2.24) is 16.0 Å². The highest BCUT2D eigenvalue weighted by molar-refractivity contribution is 7.85. The Hall–Kier alpha value is -0.620. The van der Waals surface area contributed by atoms with E-state index < -0.39 is 10.8 Å². The van der Waals surface area contributed by atoms with E-state index in [-0.39, 0.29) is 5.54 Å². The fraction of sp³-hybridized carbons (Fsp3) is 0.938.